The molecule has 2 rings (SSSR count). The van der Waals surface area contributed by atoms with E-state index < -0.39 is 23.8 Å². The third kappa shape index (κ3) is 2.30. The first kappa shape index (κ1) is 14.2. The van der Waals surface area contributed by atoms with Crippen LogP contribution in [0, 0.1) is 5.92 Å². The molecular formula is C14H17N3O3. The van der Waals surface area contributed by atoms with Gasteiger partial charge in [-0.15, -0.1) is 0 Å². The Labute approximate surface area is 116 Å². The normalized spacial score (nSPS) is 15.5. The van der Waals surface area contributed by atoms with Gasteiger partial charge in [0.25, 0.3) is 17.7 Å². The second-order valence-corrected chi connectivity index (χ2v) is 5.18. The highest BCUT2D eigenvalue weighted by Gasteiger charge is 2.42. The third-order valence-electron chi connectivity index (χ3n) is 3.28. The molecule has 106 valence electrons. The van der Waals surface area contributed by atoms with Crippen molar-refractivity contribution in [1.29, 1.82) is 0 Å². The van der Waals surface area contributed by atoms with E-state index in [0.717, 1.165) is 4.90 Å². The van der Waals surface area contributed by atoms with Crippen LogP contribution < -0.4 is 11.3 Å². The zero-order chi connectivity index (χ0) is 14.9. The molecule has 1 aromatic carbocycles. The van der Waals surface area contributed by atoms with Gasteiger partial charge in [-0.1, -0.05) is 26.0 Å². The summed E-state index contributed by atoms with van der Waals surface area (Å²) in [5, 5.41) is 0. The van der Waals surface area contributed by atoms with E-state index in [9.17, 15) is 14.4 Å². The van der Waals surface area contributed by atoms with Crippen LogP contribution in [-0.2, 0) is 4.79 Å². The Kier molecular flexibility index (Phi) is 3.85. The molecule has 0 spiro atoms. The van der Waals surface area contributed by atoms with Crippen molar-refractivity contribution in [2.75, 3.05) is 0 Å². The Morgan fingerprint density at radius 1 is 1.20 bits per heavy atom. The lowest BCUT2D eigenvalue weighted by Crippen LogP contribution is -2.51. The van der Waals surface area contributed by atoms with Gasteiger partial charge in [0, 0.05) is 0 Å². The van der Waals surface area contributed by atoms with Crippen LogP contribution in [0.3, 0.4) is 0 Å². The molecule has 0 aromatic heterocycles. The van der Waals surface area contributed by atoms with Gasteiger partial charge >= 0.3 is 0 Å². The lowest BCUT2D eigenvalue weighted by Gasteiger charge is -2.25. The van der Waals surface area contributed by atoms with Crippen molar-refractivity contribution in [2.24, 2.45) is 11.8 Å². The summed E-state index contributed by atoms with van der Waals surface area (Å²) in [6, 6.07) is 5.67. The highest BCUT2D eigenvalue weighted by atomic mass is 16.2. The first-order valence-corrected chi connectivity index (χ1v) is 6.44. The summed E-state index contributed by atoms with van der Waals surface area (Å²) in [5.41, 5.74) is 2.69. The van der Waals surface area contributed by atoms with Gasteiger partial charge in [0.1, 0.15) is 6.04 Å². The van der Waals surface area contributed by atoms with E-state index in [4.69, 9.17) is 5.84 Å². The SMILES string of the molecule is CC(C)CC(C(=O)NN)N1C(=O)c2ccccc2C1=O. The molecule has 6 heteroatoms. The molecule has 1 heterocycles. The largest absolute Gasteiger partial charge is 0.292 e. The first-order valence-electron chi connectivity index (χ1n) is 6.44. The number of hydrazine groups is 1. The number of rotatable bonds is 4. The van der Waals surface area contributed by atoms with Crippen LogP contribution in [-0.4, -0.2) is 28.7 Å². The second kappa shape index (κ2) is 5.42. The molecule has 0 aliphatic carbocycles. The third-order valence-corrected chi connectivity index (χ3v) is 3.28. The maximum Gasteiger partial charge on any atom is 0.262 e. The van der Waals surface area contributed by atoms with Gasteiger partial charge in [0.05, 0.1) is 11.1 Å². The number of nitrogens with zero attached hydrogens (tertiary/aromatic N) is 1. The maximum absolute atomic E-state index is 12.3. The minimum absolute atomic E-state index is 0.140. The predicted octanol–water partition coefficient (Wildman–Crippen LogP) is 0.687. The number of hydrogen-bond donors (Lipinski definition) is 2. The standard InChI is InChI=1S/C14H17N3O3/c1-8(2)7-11(12(18)16-15)17-13(19)9-5-3-4-6-10(9)14(17)20/h3-6,8,11H,7,15H2,1-2H3,(H,16,18). The van der Waals surface area contributed by atoms with Gasteiger partial charge in [0.15, 0.2) is 0 Å². The smallest absolute Gasteiger partial charge is 0.262 e. The van der Waals surface area contributed by atoms with Crippen LogP contribution in [0.2, 0.25) is 0 Å². The number of hydrogen-bond acceptors (Lipinski definition) is 4. The Morgan fingerprint density at radius 3 is 2.10 bits per heavy atom. The van der Waals surface area contributed by atoms with Crippen LogP contribution in [0.1, 0.15) is 41.0 Å². The van der Waals surface area contributed by atoms with E-state index in [-0.39, 0.29) is 5.92 Å². The van der Waals surface area contributed by atoms with Gasteiger partial charge < -0.3 is 0 Å². The Hall–Kier alpha value is -2.21. The van der Waals surface area contributed by atoms with Gasteiger partial charge in [-0.2, -0.15) is 0 Å². The van der Waals surface area contributed by atoms with E-state index in [1.807, 2.05) is 19.3 Å². The second-order valence-electron chi connectivity index (χ2n) is 5.18. The van der Waals surface area contributed by atoms with Gasteiger partial charge in [-0.25, -0.2) is 5.84 Å². The van der Waals surface area contributed by atoms with Gasteiger partial charge in [-0.3, -0.25) is 24.7 Å². The molecule has 1 aliphatic heterocycles. The molecule has 3 N–H and O–H groups in total. The van der Waals surface area contributed by atoms with E-state index in [1.54, 1.807) is 24.3 Å². The fraction of sp³-hybridized carbons (Fsp3) is 0.357. The summed E-state index contributed by atoms with van der Waals surface area (Å²) in [5.74, 6) is 3.88. The van der Waals surface area contributed by atoms with Crippen LogP contribution in [0.5, 0.6) is 0 Å². The average Bonchev–Trinajstić information content (AvgIpc) is 2.68. The van der Waals surface area contributed by atoms with Gasteiger partial charge in [0.2, 0.25) is 0 Å². The molecular weight excluding hydrogens is 258 g/mol. The maximum atomic E-state index is 12.3. The number of carbonyl (C=O) groups is 3. The van der Waals surface area contributed by atoms with E-state index in [1.165, 1.54) is 0 Å². The number of carbonyl (C=O) groups excluding carboxylic acids is 3. The summed E-state index contributed by atoms with van der Waals surface area (Å²) in [6.07, 6.45) is 0.370. The zero-order valence-corrected chi connectivity index (χ0v) is 11.4. The number of amides is 3. The Morgan fingerprint density at radius 2 is 1.70 bits per heavy atom. The van der Waals surface area contributed by atoms with Crippen molar-refractivity contribution in [1.82, 2.24) is 10.3 Å². The van der Waals surface area contributed by atoms with Crippen molar-refractivity contribution in [2.45, 2.75) is 26.3 Å². The lowest BCUT2D eigenvalue weighted by atomic mass is 10.0. The van der Waals surface area contributed by atoms with Crippen molar-refractivity contribution in [3.8, 4) is 0 Å². The molecule has 6 nitrogen and oxygen atoms in total. The van der Waals surface area contributed by atoms with E-state index >= 15 is 0 Å². The molecule has 1 unspecified atom stereocenters. The zero-order valence-electron chi connectivity index (χ0n) is 11.4. The fourth-order valence-electron chi connectivity index (χ4n) is 2.36. The molecule has 20 heavy (non-hydrogen) atoms. The molecule has 0 bridgehead atoms. The van der Waals surface area contributed by atoms with E-state index in [0.29, 0.717) is 17.5 Å². The summed E-state index contributed by atoms with van der Waals surface area (Å²) >= 11 is 0. The molecule has 1 atom stereocenters. The molecule has 0 saturated heterocycles. The molecule has 1 aliphatic rings. The molecule has 0 radical (unpaired) electrons. The van der Waals surface area contributed by atoms with E-state index in [2.05, 4.69) is 0 Å². The highest BCUT2D eigenvalue weighted by molar-refractivity contribution is 6.22. The van der Waals surface area contributed by atoms with Crippen LogP contribution in [0.15, 0.2) is 24.3 Å². The summed E-state index contributed by atoms with van der Waals surface area (Å²) in [6.45, 7) is 3.82. The quantitative estimate of drug-likeness (QED) is 0.366. The molecule has 0 saturated carbocycles. The van der Waals surface area contributed by atoms with Crippen molar-refractivity contribution < 1.29 is 14.4 Å². The van der Waals surface area contributed by atoms with Gasteiger partial charge in [-0.05, 0) is 24.5 Å². The summed E-state index contributed by atoms with van der Waals surface area (Å²) < 4.78 is 0. The number of imide groups is 1. The van der Waals surface area contributed by atoms with Crippen molar-refractivity contribution in [3.05, 3.63) is 35.4 Å². The fourth-order valence-corrected chi connectivity index (χ4v) is 2.36. The Balaban J connectivity index is 2.39. The minimum Gasteiger partial charge on any atom is -0.292 e. The number of nitrogens with two attached hydrogens (primary N) is 1. The van der Waals surface area contributed by atoms with Crippen LogP contribution in [0.4, 0.5) is 0 Å². The molecule has 0 fully saturated rings. The van der Waals surface area contributed by atoms with Crippen LogP contribution in [0.25, 0.3) is 0 Å². The van der Waals surface area contributed by atoms with Crippen LogP contribution >= 0.6 is 0 Å². The topological polar surface area (TPSA) is 92.5 Å². The number of fused-ring (bicyclic) bond motifs is 1. The highest BCUT2D eigenvalue weighted by Crippen LogP contribution is 2.26. The minimum atomic E-state index is -0.882. The number of benzene rings is 1. The molecule has 3 amide bonds. The summed E-state index contributed by atoms with van der Waals surface area (Å²) in [4.78, 5) is 37.6. The monoisotopic (exact) mass is 275 g/mol. The van der Waals surface area contributed by atoms with Crippen molar-refractivity contribution >= 4 is 17.7 Å². The average molecular weight is 275 g/mol. The molecule has 1 aromatic rings. The lowest BCUT2D eigenvalue weighted by molar-refractivity contribution is -0.125. The number of nitrogens with one attached hydrogen (secondary N) is 1. The predicted molar refractivity (Wildman–Crippen MR) is 72.5 cm³/mol. The first-order chi connectivity index (χ1) is 9.47. The summed E-state index contributed by atoms with van der Waals surface area (Å²) in [7, 11) is 0. The van der Waals surface area contributed by atoms with Crippen molar-refractivity contribution in [3.63, 3.8) is 0 Å². The Bertz CT molecular complexity index is 534.